The summed E-state index contributed by atoms with van der Waals surface area (Å²) >= 11 is 6.55. The summed E-state index contributed by atoms with van der Waals surface area (Å²) in [5, 5.41) is 10.1. The molecule has 2 aliphatic heterocycles. The Balaban J connectivity index is 1.81. The van der Waals surface area contributed by atoms with E-state index in [0.717, 1.165) is 19.4 Å². The van der Waals surface area contributed by atoms with Gasteiger partial charge in [0, 0.05) is 12.2 Å². The first-order valence-corrected chi connectivity index (χ1v) is 8.55. The molecule has 0 saturated carbocycles. The largest absolute Gasteiger partial charge is 0.504 e. The summed E-state index contributed by atoms with van der Waals surface area (Å²) in [6, 6.07) is 5.15. The Morgan fingerprint density at radius 3 is 3.09 bits per heavy atom. The van der Waals surface area contributed by atoms with Crippen molar-refractivity contribution in [2.45, 2.75) is 18.9 Å². The molecule has 1 aromatic carbocycles. The number of ether oxygens (including phenoxy) is 2. The molecule has 1 atom stereocenters. The van der Waals surface area contributed by atoms with Gasteiger partial charge in [-0.3, -0.25) is 9.69 Å². The van der Waals surface area contributed by atoms with Gasteiger partial charge < -0.3 is 14.6 Å². The number of aromatic hydroxyl groups is 1. The first-order valence-electron chi connectivity index (χ1n) is 7.33. The van der Waals surface area contributed by atoms with E-state index in [2.05, 4.69) is 0 Å². The van der Waals surface area contributed by atoms with Crippen molar-refractivity contribution in [3.05, 3.63) is 28.7 Å². The molecule has 0 aromatic heterocycles. The second-order valence-corrected chi connectivity index (χ2v) is 7.00. The van der Waals surface area contributed by atoms with Crippen molar-refractivity contribution in [3.8, 4) is 11.5 Å². The Kier molecular flexibility index (Phi) is 4.89. The van der Waals surface area contributed by atoms with E-state index < -0.39 is 0 Å². The average molecular weight is 351 g/mol. The first-order chi connectivity index (χ1) is 11.1. The van der Waals surface area contributed by atoms with Crippen LogP contribution in [-0.4, -0.2) is 46.6 Å². The van der Waals surface area contributed by atoms with Gasteiger partial charge in [-0.15, -0.1) is 0 Å². The summed E-state index contributed by atoms with van der Waals surface area (Å²) in [6.45, 7) is 1.24. The lowest BCUT2D eigenvalue weighted by molar-refractivity contribution is -0.123. The molecule has 2 saturated heterocycles. The Morgan fingerprint density at radius 2 is 2.39 bits per heavy atom. The summed E-state index contributed by atoms with van der Waals surface area (Å²) in [4.78, 5) is 14.6. The zero-order chi connectivity index (χ0) is 16.4. The zero-order valence-corrected chi connectivity index (χ0v) is 14.3. The van der Waals surface area contributed by atoms with Gasteiger partial charge in [0.15, 0.2) is 11.5 Å². The predicted octanol–water partition coefficient (Wildman–Crippen LogP) is 2.78. The van der Waals surface area contributed by atoms with Gasteiger partial charge in [-0.1, -0.05) is 36.1 Å². The van der Waals surface area contributed by atoms with Crippen LogP contribution in [0.25, 0.3) is 6.08 Å². The summed E-state index contributed by atoms with van der Waals surface area (Å²) < 4.78 is 11.2. The molecule has 0 spiro atoms. The third-order valence-electron chi connectivity index (χ3n) is 3.82. The molecule has 0 bridgehead atoms. The van der Waals surface area contributed by atoms with Crippen molar-refractivity contribution in [2.75, 3.05) is 20.3 Å². The third-order valence-corrected chi connectivity index (χ3v) is 5.20. The lowest BCUT2D eigenvalue weighted by Crippen LogP contribution is -2.35. The topological polar surface area (TPSA) is 59.0 Å². The number of phenols is 1. The second kappa shape index (κ2) is 6.90. The van der Waals surface area contributed by atoms with Crippen molar-refractivity contribution in [3.63, 3.8) is 0 Å². The van der Waals surface area contributed by atoms with Gasteiger partial charge in [0.25, 0.3) is 5.91 Å². The maximum Gasteiger partial charge on any atom is 0.266 e. The molecular weight excluding hydrogens is 334 g/mol. The molecule has 2 heterocycles. The minimum absolute atomic E-state index is 0.0133. The molecular formula is C16H17NO4S2. The number of thioether (sulfide) groups is 1. The van der Waals surface area contributed by atoms with Gasteiger partial charge in [0.05, 0.1) is 24.7 Å². The highest BCUT2D eigenvalue weighted by molar-refractivity contribution is 8.26. The molecule has 122 valence electrons. The van der Waals surface area contributed by atoms with E-state index >= 15 is 0 Å². The van der Waals surface area contributed by atoms with E-state index in [4.69, 9.17) is 21.7 Å². The highest BCUT2D eigenvalue weighted by Crippen LogP contribution is 2.37. The molecule has 5 nitrogen and oxygen atoms in total. The number of para-hydroxylation sites is 1. The van der Waals surface area contributed by atoms with Crippen LogP contribution in [0.15, 0.2) is 23.1 Å². The van der Waals surface area contributed by atoms with Crippen LogP contribution in [0.3, 0.4) is 0 Å². The molecule has 0 radical (unpaired) electrons. The molecule has 2 aliphatic rings. The van der Waals surface area contributed by atoms with Crippen molar-refractivity contribution >= 4 is 40.3 Å². The summed E-state index contributed by atoms with van der Waals surface area (Å²) in [6.07, 6.45) is 3.67. The maximum atomic E-state index is 12.6. The number of thiocarbonyl (C=S) groups is 1. The van der Waals surface area contributed by atoms with Crippen LogP contribution < -0.4 is 4.74 Å². The highest BCUT2D eigenvalue weighted by Gasteiger charge is 2.34. The molecule has 1 N–H and O–H groups in total. The molecule has 0 aliphatic carbocycles. The van der Waals surface area contributed by atoms with Crippen molar-refractivity contribution in [1.29, 1.82) is 0 Å². The van der Waals surface area contributed by atoms with Crippen LogP contribution >= 0.6 is 24.0 Å². The molecule has 1 aromatic rings. The molecule has 2 fully saturated rings. The smallest absolute Gasteiger partial charge is 0.266 e. The Labute approximate surface area is 144 Å². The van der Waals surface area contributed by atoms with Gasteiger partial charge in [0.1, 0.15) is 4.32 Å². The predicted molar refractivity (Wildman–Crippen MR) is 93.5 cm³/mol. The van der Waals surface area contributed by atoms with Crippen LogP contribution in [0.1, 0.15) is 18.4 Å². The number of rotatable bonds is 4. The SMILES string of the molecule is COc1cccc(/C=C2\SC(=S)N(CC3CCCO3)C2=O)c1O. The highest BCUT2D eigenvalue weighted by atomic mass is 32.2. The number of amides is 1. The Morgan fingerprint density at radius 1 is 1.57 bits per heavy atom. The number of methoxy groups -OCH3 is 1. The fraction of sp³-hybridized carbons (Fsp3) is 0.375. The quantitative estimate of drug-likeness (QED) is 0.665. The van der Waals surface area contributed by atoms with Gasteiger partial charge in [-0.2, -0.15) is 0 Å². The maximum absolute atomic E-state index is 12.6. The minimum Gasteiger partial charge on any atom is -0.504 e. The standard InChI is InChI=1S/C16H17NO4S2/c1-20-12-6-2-4-10(14(12)18)8-13-15(19)17(16(22)23-13)9-11-5-3-7-21-11/h2,4,6,8,11,18H,3,5,7,9H2,1H3/b13-8-. The van der Waals surface area contributed by atoms with E-state index in [9.17, 15) is 9.90 Å². The van der Waals surface area contributed by atoms with E-state index in [1.165, 1.54) is 18.9 Å². The zero-order valence-electron chi connectivity index (χ0n) is 12.7. The van der Waals surface area contributed by atoms with Gasteiger partial charge in [-0.25, -0.2) is 0 Å². The second-order valence-electron chi connectivity index (χ2n) is 5.33. The third kappa shape index (κ3) is 3.36. The van der Waals surface area contributed by atoms with E-state index in [1.54, 1.807) is 29.2 Å². The van der Waals surface area contributed by atoms with Crippen LogP contribution in [0.2, 0.25) is 0 Å². The van der Waals surface area contributed by atoms with Crippen LogP contribution in [-0.2, 0) is 9.53 Å². The Bertz CT molecular complexity index is 668. The minimum atomic E-state index is -0.141. The summed E-state index contributed by atoms with van der Waals surface area (Å²) in [5.74, 6) is 0.241. The van der Waals surface area contributed by atoms with Crippen LogP contribution in [0.5, 0.6) is 11.5 Å². The normalized spacial score (nSPS) is 23.1. The van der Waals surface area contributed by atoms with Crippen LogP contribution in [0.4, 0.5) is 0 Å². The monoisotopic (exact) mass is 351 g/mol. The van der Waals surface area contributed by atoms with Crippen molar-refractivity contribution in [2.24, 2.45) is 0 Å². The molecule has 23 heavy (non-hydrogen) atoms. The van der Waals surface area contributed by atoms with Crippen molar-refractivity contribution < 1.29 is 19.4 Å². The van der Waals surface area contributed by atoms with Gasteiger partial charge in [0.2, 0.25) is 0 Å². The van der Waals surface area contributed by atoms with E-state index in [1.807, 2.05) is 0 Å². The number of carbonyl (C=O) groups excluding carboxylic acids is 1. The Hall–Kier alpha value is -1.57. The number of benzene rings is 1. The number of nitrogens with zero attached hydrogens (tertiary/aromatic N) is 1. The fourth-order valence-corrected chi connectivity index (χ4v) is 3.88. The first kappa shape index (κ1) is 16.3. The van der Waals surface area contributed by atoms with E-state index in [-0.39, 0.29) is 17.8 Å². The van der Waals surface area contributed by atoms with Crippen molar-refractivity contribution in [1.82, 2.24) is 4.90 Å². The number of carbonyl (C=O) groups is 1. The number of phenolic OH excluding ortho intramolecular Hbond substituents is 1. The molecule has 3 rings (SSSR count). The van der Waals surface area contributed by atoms with Gasteiger partial charge in [-0.05, 0) is 25.0 Å². The number of hydrogen-bond donors (Lipinski definition) is 1. The molecule has 1 amide bonds. The van der Waals surface area contributed by atoms with E-state index in [0.29, 0.717) is 27.1 Å². The number of hydrogen-bond acceptors (Lipinski definition) is 6. The lowest BCUT2D eigenvalue weighted by Gasteiger charge is -2.18. The average Bonchev–Trinajstić information content (AvgIpc) is 3.14. The lowest BCUT2D eigenvalue weighted by atomic mass is 10.1. The summed E-state index contributed by atoms with van der Waals surface area (Å²) in [5.41, 5.74) is 0.530. The molecule has 7 heteroatoms. The van der Waals surface area contributed by atoms with Gasteiger partial charge >= 0.3 is 0 Å². The van der Waals surface area contributed by atoms with Crippen LogP contribution in [0, 0.1) is 0 Å². The molecule has 1 unspecified atom stereocenters. The summed E-state index contributed by atoms with van der Waals surface area (Å²) in [7, 11) is 1.49. The fourth-order valence-electron chi connectivity index (χ4n) is 2.61.